The monoisotopic (exact) mass is 302 g/mol. The lowest BCUT2D eigenvalue weighted by Gasteiger charge is -2.08. The molecule has 5 heteroatoms. The molecule has 1 aliphatic heterocycles. The minimum Gasteiger partial charge on any atom is -0.368 e. The van der Waals surface area contributed by atoms with Crippen molar-refractivity contribution < 1.29 is 13.2 Å². The summed E-state index contributed by atoms with van der Waals surface area (Å²) in [6, 6.07) is 7.74. The Labute approximate surface area is 103 Å². The van der Waals surface area contributed by atoms with Crippen molar-refractivity contribution in [1.29, 1.82) is 0 Å². The van der Waals surface area contributed by atoms with Crippen LogP contribution in [0, 0.1) is 0 Å². The molecule has 0 aromatic heterocycles. The lowest BCUT2D eigenvalue weighted by atomic mass is 10.2. The Hall–Kier alpha value is -0.650. The van der Waals surface area contributed by atoms with E-state index in [-0.39, 0.29) is 11.9 Å². The van der Waals surface area contributed by atoms with Gasteiger partial charge in [-0.1, -0.05) is 28.1 Å². The van der Waals surface area contributed by atoms with Crippen molar-refractivity contribution in [2.24, 2.45) is 0 Å². The normalized spacial score (nSPS) is 22.4. The molecule has 3 nitrogen and oxygen atoms in total. The molecule has 2 rings (SSSR count). The van der Waals surface area contributed by atoms with Crippen LogP contribution in [-0.2, 0) is 21.2 Å². The predicted octanol–water partition coefficient (Wildman–Crippen LogP) is 2.28. The van der Waals surface area contributed by atoms with Crippen molar-refractivity contribution in [2.75, 3.05) is 5.75 Å². The molecule has 0 fully saturated rings. The van der Waals surface area contributed by atoms with Gasteiger partial charge in [-0.15, -0.1) is 0 Å². The molecule has 1 aliphatic rings. The van der Waals surface area contributed by atoms with Crippen LogP contribution in [0.3, 0.4) is 0 Å². The highest BCUT2D eigenvalue weighted by Crippen LogP contribution is 2.15. The van der Waals surface area contributed by atoms with Gasteiger partial charge >= 0.3 is 0 Å². The van der Waals surface area contributed by atoms with E-state index < -0.39 is 9.84 Å². The minimum absolute atomic E-state index is 0.0591. The van der Waals surface area contributed by atoms with Crippen LogP contribution in [0.4, 0.5) is 0 Å². The van der Waals surface area contributed by atoms with Gasteiger partial charge in [-0.3, -0.25) is 0 Å². The van der Waals surface area contributed by atoms with Gasteiger partial charge < -0.3 is 4.74 Å². The first-order valence-corrected chi connectivity index (χ1v) is 7.33. The fourth-order valence-corrected chi connectivity index (χ4v) is 2.89. The maximum Gasteiger partial charge on any atom is 0.174 e. The van der Waals surface area contributed by atoms with E-state index >= 15 is 0 Å². The number of halogens is 1. The molecule has 1 atom stereocenters. The standard InChI is InChI=1S/C11H11BrO3S/c12-10-3-1-9(2-4-10)7-15-11-5-6-16(13,14)8-11/h1-6,11H,7-8H2. The predicted molar refractivity (Wildman–Crippen MR) is 65.6 cm³/mol. The third-order valence-electron chi connectivity index (χ3n) is 2.27. The van der Waals surface area contributed by atoms with Crippen LogP contribution in [-0.4, -0.2) is 20.3 Å². The fourth-order valence-electron chi connectivity index (χ4n) is 1.43. The third kappa shape index (κ3) is 3.17. The van der Waals surface area contributed by atoms with Crippen LogP contribution >= 0.6 is 15.9 Å². The second-order valence-corrected chi connectivity index (χ2v) is 6.48. The highest BCUT2D eigenvalue weighted by atomic mass is 79.9. The highest BCUT2D eigenvalue weighted by molar-refractivity contribution is 9.10. The molecule has 0 saturated carbocycles. The van der Waals surface area contributed by atoms with Crippen LogP contribution in [0.15, 0.2) is 40.2 Å². The Kier molecular flexibility index (Phi) is 3.47. The van der Waals surface area contributed by atoms with E-state index in [0.29, 0.717) is 6.61 Å². The zero-order valence-corrected chi connectivity index (χ0v) is 10.9. The van der Waals surface area contributed by atoms with Crippen molar-refractivity contribution in [1.82, 2.24) is 0 Å². The number of hydrogen-bond acceptors (Lipinski definition) is 3. The van der Waals surface area contributed by atoms with E-state index in [4.69, 9.17) is 4.74 Å². The highest BCUT2D eigenvalue weighted by Gasteiger charge is 2.21. The summed E-state index contributed by atoms with van der Waals surface area (Å²) in [6.07, 6.45) is 1.28. The Morgan fingerprint density at radius 2 is 2.00 bits per heavy atom. The second kappa shape index (κ2) is 4.69. The summed E-state index contributed by atoms with van der Waals surface area (Å²) in [4.78, 5) is 0. The molecular formula is C11H11BrO3S. The van der Waals surface area contributed by atoms with Gasteiger partial charge in [0, 0.05) is 9.88 Å². The van der Waals surface area contributed by atoms with Gasteiger partial charge in [0.05, 0.1) is 18.5 Å². The number of benzene rings is 1. The molecule has 1 heterocycles. The Balaban J connectivity index is 1.89. The van der Waals surface area contributed by atoms with Gasteiger partial charge in [0.25, 0.3) is 0 Å². The van der Waals surface area contributed by atoms with Crippen molar-refractivity contribution in [3.63, 3.8) is 0 Å². The van der Waals surface area contributed by atoms with Gasteiger partial charge in [-0.2, -0.15) is 0 Å². The number of ether oxygens (including phenoxy) is 1. The van der Waals surface area contributed by atoms with Crippen molar-refractivity contribution in [2.45, 2.75) is 12.7 Å². The molecule has 1 unspecified atom stereocenters. The van der Waals surface area contributed by atoms with Crippen LogP contribution in [0.5, 0.6) is 0 Å². The summed E-state index contributed by atoms with van der Waals surface area (Å²) >= 11 is 3.35. The summed E-state index contributed by atoms with van der Waals surface area (Å²) in [5.74, 6) is 0.0591. The van der Waals surface area contributed by atoms with Crippen molar-refractivity contribution in [3.8, 4) is 0 Å². The van der Waals surface area contributed by atoms with Crippen molar-refractivity contribution >= 4 is 25.8 Å². The molecule has 0 aliphatic carbocycles. The quantitative estimate of drug-likeness (QED) is 0.860. The first kappa shape index (κ1) is 11.8. The van der Waals surface area contributed by atoms with E-state index in [1.54, 1.807) is 6.08 Å². The fraction of sp³-hybridized carbons (Fsp3) is 0.273. The van der Waals surface area contributed by atoms with Crippen LogP contribution in [0.25, 0.3) is 0 Å². The minimum atomic E-state index is -3.02. The zero-order valence-electron chi connectivity index (χ0n) is 8.47. The van der Waals surface area contributed by atoms with Gasteiger partial charge in [0.2, 0.25) is 0 Å². The maximum atomic E-state index is 11.1. The molecule has 0 saturated heterocycles. The van der Waals surface area contributed by atoms with Crippen LogP contribution < -0.4 is 0 Å². The molecule has 0 radical (unpaired) electrons. The summed E-state index contributed by atoms with van der Waals surface area (Å²) in [5, 5.41) is 1.22. The molecule has 0 bridgehead atoms. The van der Waals surface area contributed by atoms with Gasteiger partial charge in [-0.25, -0.2) is 8.42 Å². The Morgan fingerprint density at radius 1 is 1.31 bits per heavy atom. The summed E-state index contributed by atoms with van der Waals surface area (Å²) in [7, 11) is -3.02. The smallest absolute Gasteiger partial charge is 0.174 e. The summed E-state index contributed by atoms with van der Waals surface area (Å²) in [5.41, 5.74) is 1.03. The molecule has 1 aromatic rings. The molecule has 86 valence electrons. The topological polar surface area (TPSA) is 43.4 Å². The molecule has 0 N–H and O–H groups in total. The third-order valence-corrected chi connectivity index (χ3v) is 4.17. The number of rotatable bonds is 3. The Morgan fingerprint density at radius 3 is 2.56 bits per heavy atom. The molecular weight excluding hydrogens is 292 g/mol. The maximum absolute atomic E-state index is 11.1. The molecule has 16 heavy (non-hydrogen) atoms. The van der Waals surface area contributed by atoms with Gasteiger partial charge in [-0.05, 0) is 23.8 Å². The Bertz CT molecular complexity index is 490. The van der Waals surface area contributed by atoms with Crippen LogP contribution in [0.1, 0.15) is 5.56 Å². The van der Waals surface area contributed by atoms with E-state index in [2.05, 4.69) is 15.9 Å². The van der Waals surface area contributed by atoms with E-state index in [0.717, 1.165) is 10.0 Å². The first-order chi connectivity index (χ1) is 7.55. The summed E-state index contributed by atoms with van der Waals surface area (Å²) in [6.45, 7) is 0.428. The average Bonchev–Trinajstić information content (AvgIpc) is 2.58. The average molecular weight is 303 g/mol. The SMILES string of the molecule is O=S1(=O)C=CC(OCc2ccc(Br)cc2)C1. The zero-order chi connectivity index (χ0) is 11.6. The molecule has 1 aromatic carbocycles. The molecule has 0 spiro atoms. The molecule has 0 amide bonds. The van der Waals surface area contributed by atoms with Crippen molar-refractivity contribution in [3.05, 3.63) is 45.8 Å². The summed E-state index contributed by atoms with van der Waals surface area (Å²) < 4.78 is 28.7. The number of hydrogen-bond donors (Lipinski definition) is 0. The lowest BCUT2D eigenvalue weighted by Crippen LogP contribution is -2.14. The van der Waals surface area contributed by atoms with Gasteiger partial charge in [0.1, 0.15) is 0 Å². The van der Waals surface area contributed by atoms with E-state index in [1.807, 2.05) is 24.3 Å². The second-order valence-electron chi connectivity index (χ2n) is 3.63. The van der Waals surface area contributed by atoms with Gasteiger partial charge in [0.15, 0.2) is 9.84 Å². The number of sulfone groups is 1. The first-order valence-electron chi connectivity index (χ1n) is 4.82. The largest absolute Gasteiger partial charge is 0.368 e. The van der Waals surface area contributed by atoms with Crippen LogP contribution in [0.2, 0.25) is 0 Å². The van der Waals surface area contributed by atoms with E-state index in [1.165, 1.54) is 5.41 Å². The lowest BCUT2D eigenvalue weighted by molar-refractivity contribution is 0.0876. The van der Waals surface area contributed by atoms with E-state index in [9.17, 15) is 8.42 Å².